The molecule has 0 fully saturated rings. The van der Waals surface area contributed by atoms with Gasteiger partial charge in [-0.25, -0.2) is 0 Å². The van der Waals surface area contributed by atoms with Crippen LogP contribution in [-0.4, -0.2) is 12.4 Å². The number of benzene rings is 1. The van der Waals surface area contributed by atoms with Gasteiger partial charge < -0.3 is 4.74 Å². The fraction of sp³-hybridized carbons (Fsp3) is 0.500. The van der Waals surface area contributed by atoms with Crippen molar-refractivity contribution in [2.24, 2.45) is 11.8 Å². The van der Waals surface area contributed by atoms with Crippen molar-refractivity contribution in [3.8, 4) is 5.75 Å². The van der Waals surface area contributed by atoms with Gasteiger partial charge >= 0.3 is 0 Å². The highest BCUT2D eigenvalue weighted by Gasteiger charge is 2.18. The molecule has 88 valence electrons. The van der Waals surface area contributed by atoms with Gasteiger partial charge in [0, 0.05) is 11.5 Å². The highest BCUT2D eigenvalue weighted by molar-refractivity contribution is 5.98. The number of hydrogen-bond donors (Lipinski definition) is 0. The zero-order valence-electron chi connectivity index (χ0n) is 10.5. The first-order chi connectivity index (χ1) is 7.56. The fourth-order valence-electron chi connectivity index (χ4n) is 1.47. The fourth-order valence-corrected chi connectivity index (χ4v) is 1.47. The van der Waals surface area contributed by atoms with Crippen LogP contribution >= 0.6 is 0 Å². The Kier molecular flexibility index (Phi) is 4.53. The van der Waals surface area contributed by atoms with Crippen molar-refractivity contribution in [3.05, 3.63) is 29.8 Å². The summed E-state index contributed by atoms with van der Waals surface area (Å²) in [7, 11) is 0. The Morgan fingerprint density at radius 3 is 2.56 bits per heavy atom. The minimum atomic E-state index is 0.0527. The molecule has 2 heteroatoms. The third-order valence-electron chi connectivity index (χ3n) is 2.84. The summed E-state index contributed by atoms with van der Waals surface area (Å²) in [5.74, 6) is 1.38. The lowest BCUT2D eigenvalue weighted by Crippen LogP contribution is -2.16. The molecule has 0 aromatic heterocycles. The molecule has 0 N–H and O–H groups in total. The van der Waals surface area contributed by atoms with Crippen LogP contribution in [-0.2, 0) is 0 Å². The zero-order chi connectivity index (χ0) is 12.1. The molecule has 0 aliphatic carbocycles. The van der Waals surface area contributed by atoms with Gasteiger partial charge in [0.2, 0.25) is 0 Å². The quantitative estimate of drug-likeness (QED) is 0.709. The highest BCUT2D eigenvalue weighted by Crippen LogP contribution is 2.20. The Hall–Kier alpha value is -1.31. The summed E-state index contributed by atoms with van der Waals surface area (Å²) in [6.07, 6.45) is 0. The summed E-state index contributed by atoms with van der Waals surface area (Å²) in [4.78, 5) is 12.1. The first-order valence-electron chi connectivity index (χ1n) is 5.83. The van der Waals surface area contributed by atoms with Crippen molar-refractivity contribution >= 4 is 5.78 Å². The van der Waals surface area contributed by atoms with Crippen molar-refractivity contribution in [2.45, 2.75) is 27.7 Å². The lowest BCUT2D eigenvalue weighted by Gasteiger charge is -2.14. The maximum absolute atomic E-state index is 12.1. The molecule has 1 aromatic rings. The van der Waals surface area contributed by atoms with Crippen molar-refractivity contribution in [1.29, 1.82) is 0 Å². The van der Waals surface area contributed by atoms with Gasteiger partial charge in [-0.15, -0.1) is 0 Å². The van der Waals surface area contributed by atoms with Crippen LogP contribution in [0.2, 0.25) is 0 Å². The monoisotopic (exact) mass is 220 g/mol. The first kappa shape index (κ1) is 12.8. The van der Waals surface area contributed by atoms with E-state index in [4.69, 9.17) is 4.74 Å². The SMILES string of the molecule is CCOc1cccc(C(=O)C(C)C(C)C)c1. The third kappa shape index (κ3) is 3.09. The molecule has 0 heterocycles. The normalized spacial score (nSPS) is 12.6. The summed E-state index contributed by atoms with van der Waals surface area (Å²) in [5.41, 5.74) is 0.743. The van der Waals surface area contributed by atoms with E-state index in [1.54, 1.807) is 0 Å². The van der Waals surface area contributed by atoms with E-state index in [1.807, 2.05) is 38.1 Å². The molecule has 0 bridgehead atoms. The second kappa shape index (κ2) is 5.69. The molecule has 16 heavy (non-hydrogen) atoms. The number of Topliss-reactive ketones (excluding diaryl/α,β-unsaturated/α-hetero) is 1. The van der Waals surface area contributed by atoms with E-state index in [2.05, 4.69) is 13.8 Å². The van der Waals surface area contributed by atoms with E-state index in [1.165, 1.54) is 0 Å². The molecule has 0 aliphatic heterocycles. The second-order valence-corrected chi connectivity index (χ2v) is 4.36. The Morgan fingerprint density at radius 1 is 1.31 bits per heavy atom. The smallest absolute Gasteiger partial charge is 0.166 e. The van der Waals surface area contributed by atoms with Crippen LogP contribution < -0.4 is 4.74 Å². The molecule has 1 aromatic carbocycles. The largest absolute Gasteiger partial charge is 0.494 e. The number of ketones is 1. The topological polar surface area (TPSA) is 26.3 Å². The molecule has 2 nitrogen and oxygen atoms in total. The van der Waals surface area contributed by atoms with E-state index in [0.717, 1.165) is 11.3 Å². The number of carbonyl (C=O) groups is 1. The number of hydrogen-bond acceptors (Lipinski definition) is 2. The Morgan fingerprint density at radius 2 is 2.00 bits per heavy atom. The Labute approximate surface area is 97.6 Å². The van der Waals surface area contributed by atoms with Crippen molar-refractivity contribution in [1.82, 2.24) is 0 Å². The van der Waals surface area contributed by atoms with Gasteiger partial charge in [-0.05, 0) is 25.0 Å². The van der Waals surface area contributed by atoms with E-state index in [-0.39, 0.29) is 11.7 Å². The molecule has 1 unspecified atom stereocenters. The lowest BCUT2D eigenvalue weighted by atomic mass is 9.90. The Bertz CT molecular complexity index is 356. The average molecular weight is 220 g/mol. The number of carbonyl (C=O) groups excluding carboxylic acids is 1. The van der Waals surface area contributed by atoms with Crippen LogP contribution in [0.3, 0.4) is 0 Å². The highest BCUT2D eigenvalue weighted by atomic mass is 16.5. The molecule has 0 radical (unpaired) electrons. The second-order valence-electron chi connectivity index (χ2n) is 4.36. The molecular formula is C14H20O2. The van der Waals surface area contributed by atoms with Gasteiger partial charge in [0.1, 0.15) is 5.75 Å². The van der Waals surface area contributed by atoms with Crippen LogP contribution in [0.25, 0.3) is 0 Å². The zero-order valence-corrected chi connectivity index (χ0v) is 10.5. The molecule has 0 saturated heterocycles. The first-order valence-corrected chi connectivity index (χ1v) is 5.83. The molecule has 1 atom stereocenters. The summed E-state index contributed by atoms with van der Waals surface area (Å²) < 4.78 is 5.38. The molecule has 0 spiro atoms. The summed E-state index contributed by atoms with van der Waals surface area (Å²) in [6.45, 7) is 8.66. The number of ether oxygens (including phenoxy) is 1. The van der Waals surface area contributed by atoms with Gasteiger partial charge in [-0.1, -0.05) is 32.9 Å². The molecular weight excluding hydrogens is 200 g/mol. The van der Waals surface area contributed by atoms with Gasteiger partial charge in [-0.3, -0.25) is 4.79 Å². The molecule has 0 saturated carbocycles. The maximum atomic E-state index is 12.1. The van der Waals surface area contributed by atoms with Gasteiger partial charge in [0.25, 0.3) is 0 Å². The predicted molar refractivity (Wildman–Crippen MR) is 65.9 cm³/mol. The van der Waals surface area contributed by atoms with E-state index in [9.17, 15) is 4.79 Å². The van der Waals surface area contributed by atoms with Crippen LogP contribution in [0.5, 0.6) is 5.75 Å². The van der Waals surface area contributed by atoms with E-state index in [0.29, 0.717) is 12.5 Å². The minimum absolute atomic E-state index is 0.0527. The van der Waals surface area contributed by atoms with Crippen LogP contribution in [0, 0.1) is 11.8 Å². The molecule has 0 amide bonds. The standard InChI is InChI=1S/C14H20O2/c1-5-16-13-8-6-7-12(9-13)14(15)11(4)10(2)3/h6-11H,5H2,1-4H3. The van der Waals surface area contributed by atoms with Crippen LogP contribution in [0.4, 0.5) is 0 Å². The molecule has 1 rings (SSSR count). The lowest BCUT2D eigenvalue weighted by molar-refractivity contribution is 0.0899. The van der Waals surface area contributed by atoms with Crippen molar-refractivity contribution in [2.75, 3.05) is 6.61 Å². The Balaban J connectivity index is 2.87. The van der Waals surface area contributed by atoms with Crippen LogP contribution in [0.15, 0.2) is 24.3 Å². The summed E-state index contributed by atoms with van der Waals surface area (Å²) >= 11 is 0. The van der Waals surface area contributed by atoms with Crippen molar-refractivity contribution < 1.29 is 9.53 Å². The van der Waals surface area contributed by atoms with Crippen molar-refractivity contribution in [3.63, 3.8) is 0 Å². The number of rotatable bonds is 5. The molecule has 0 aliphatic rings. The van der Waals surface area contributed by atoms with Gasteiger partial charge in [0.15, 0.2) is 5.78 Å². The average Bonchev–Trinajstić information content (AvgIpc) is 2.28. The maximum Gasteiger partial charge on any atom is 0.166 e. The predicted octanol–water partition coefficient (Wildman–Crippen LogP) is 3.56. The minimum Gasteiger partial charge on any atom is -0.494 e. The third-order valence-corrected chi connectivity index (χ3v) is 2.84. The van der Waals surface area contributed by atoms with Crippen LogP contribution in [0.1, 0.15) is 38.1 Å². The van der Waals surface area contributed by atoms with Gasteiger partial charge in [0.05, 0.1) is 6.61 Å². The summed E-state index contributed by atoms with van der Waals surface area (Å²) in [6, 6.07) is 7.42. The van der Waals surface area contributed by atoms with E-state index >= 15 is 0 Å². The van der Waals surface area contributed by atoms with E-state index < -0.39 is 0 Å². The van der Waals surface area contributed by atoms with Gasteiger partial charge in [-0.2, -0.15) is 0 Å². The summed E-state index contributed by atoms with van der Waals surface area (Å²) in [5, 5.41) is 0.